The number of carbonyl (C=O) groups is 4. The van der Waals surface area contributed by atoms with Gasteiger partial charge in [0.2, 0.25) is 5.91 Å². The molecule has 1 saturated heterocycles. The number of rotatable bonds is 8. The van der Waals surface area contributed by atoms with Crippen LogP contribution < -0.4 is 15.5 Å². The Kier molecular flexibility index (Phi) is 7.67. The molecule has 0 saturated carbocycles. The lowest BCUT2D eigenvalue weighted by molar-refractivity contribution is -0.151. The van der Waals surface area contributed by atoms with Crippen molar-refractivity contribution in [3.05, 3.63) is 59.1 Å². The third kappa shape index (κ3) is 6.21. The monoisotopic (exact) mass is 459 g/mol. The molecule has 3 amide bonds. The molecule has 1 heterocycles. The number of hydrogen-bond donors (Lipinski definition) is 2. The quantitative estimate of drug-likeness (QED) is 0.586. The third-order valence-corrected chi connectivity index (χ3v) is 4.85. The van der Waals surface area contributed by atoms with E-state index in [0.29, 0.717) is 28.6 Å². The van der Waals surface area contributed by atoms with Crippen molar-refractivity contribution < 1.29 is 28.7 Å². The number of nitrogens with one attached hydrogen (secondary N) is 2. The molecule has 1 fully saturated rings. The molecule has 1 aliphatic heterocycles. The van der Waals surface area contributed by atoms with Crippen LogP contribution in [0.1, 0.15) is 23.7 Å². The predicted molar refractivity (Wildman–Crippen MR) is 116 cm³/mol. The fourth-order valence-electron chi connectivity index (χ4n) is 3.01. The average Bonchev–Trinajstić information content (AvgIpc) is 3.14. The Morgan fingerprint density at radius 3 is 2.44 bits per heavy atom. The highest BCUT2D eigenvalue weighted by Gasteiger charge is 2.36. The minimum Gasteiger partial charge on any atom is -0.494 e. The molecule has 9 nitrogen and oxygen atoms in total. The first-order valence-electron chi connectivity index (χ1n) is 9.92. The summed E-state index contributed by atoms with van der Waals surface area (Å²) in [5, 5.41) is 4.16. The van der Waals surface area contributed by atoms with Crippen molar-refractivity contribution in [1.82, 2.24) is 10.4 Å². The van der Waals surface area contributed by atoms with Crippen molar-refractivity contribution in [2.75, 3.05) is 25.1 Å². The number of halogens is 1. The molecule has 2 N–H and O–H groups in total. The summed E-state index contributed by atoms with van der Waals surface area (Å²) in [7, 11) is 0. The average molecular weight is 460 g/mol. The fourth-order valence-corrected chi connectivity index (χ4v) is 3.14. The van der Waals surface area contributed by atoms with E-state index in [9.17, 15) is 19.2 Å². The van der Waals surface area contributed by atoms with Gasteiger partial charge in [0.25, 0.3) is 11.8 Å². The van der Waals surface area contributed by atoms with Crippen LogP contribution in [0.3, 0.4) is 0 Å². The number of carbonyl (C=O) groups excluding carboxylic acids is 4. The largest absolute Gasteiger partial charge is 0.494 e. The lowest BCUT2D eigenvalue weighted by Gasteiger charge is -2.17. The predicted octanol–water partition coefficient (Wildman–Crippen LogP) is 2.41. The first-order chi connectivity index (χ1) is 15.4. The van der Waals surface area contributed by atoms with Gasteiger partial charge >= 0.3 is 5.97 Å². The molecule has 1 atom stereocenters. The summed E-state index contributed by atoms with van der Waals surface area (Å²) in [5.41, 5.74) is 3.31. The van der Waals surface area contributed by atoms with Crippen molar-refractivity contribution in [3.8, 4) is 5.75 Å². The Morgan fingerprint density at radius 1 is 1.09 bits per heavy atom. The van der Waals surface area contributed by atoms with Crippen LogP contribution >= 0.6 is 11.6 Å². The van der Waals surface area contributed by atoms with E-state index < -0.39 is 36.2 Å². The van der Waals surface area contributed by atoms with E-state index in [4.69, 9.17) is 21.1 Å². The highest BCUT2D eigenvalue weighted by atomic mass is 35.5. The zero-order valence-electron chi connectivity index (χ0n) is 17.3. The van der Waals surface area contributed by atoms with Crippen LogP contribution in [-0.2, 0) is 19.1 Å². The number of hydrazine groups is 1. The second-order valence-corrected chi connectivity index (χ2v) is 7.40. The number of benzene rings is 2. The van der Waals surface area contributed by atoms with Gasteiger partial charge in [-0.3, -0.25) is 29.6 Å². The molecule has 0 bridgehead atoms. The lowest BCUT2D eigenvalue weighted by Crippen LogP contribution is -2.43. The van der Waals surface area contributed by atoms with Crippen molar-refractivity contribution in [2.45, 2.75) is 13.3 Å². The standard InChI is InChI=1S/C22H22ClN3O6/c1-2-31-18-9-7-17(8-10-18)24-19(27)13-32-22(30)15-11-20(28)26(12-15)25-21(29)14-3-5-16(23)6-4-14/h3-10,15H,2,11-13H2,1H3,(H,24,27)(H,25,29)/t15-/m0/s1. The number of anilines is 1. The lowest BCUT2D eigenvalue weighted by atomic mass is 10.1. The maximum Gasteiger partial charge on any atom is 0.311 e. The zero-order valence-corrected chi connectivity index (χ0v) is 18.1. The zero-order chi connectivity index (χ0) is 23.1. The van der Waals surface area contributed by atoms with E-state index in [1.165, 1.54) is 12.1 Å². The molecule has 10 heteroatoms. The summed E-state index contributed by atoms with van der Waals surface area (Å²) >= 11 is 5.80. The topological polar surface area (TPSA) is 114 Å². The number of hydrogen-bond acceptors (Lipinski definition) is 6. The van der Waals surface area contributed by atoms with Gasteiger partial charge in [-0.1, -0.05) is 11.6 Å². The molecule has 2 aromatic rings. The smallest absolute Gasteiger partial charge is 0.311 e. The van der Waals surface area contributed by atoms with Crippen LogP contribution in [0.2, 0.25) is 5.02 Å². The molecule has 3 rings (SSSR count). The van der Waals surface area contributed by atoms with Crippen molar-refractivity contribution in [1.29, 1.82) is 0 Å². The van der Waals surface area contributed by atoms with Crippen LogP contribution in [0.4, 0.5) is 5.69 Å². The molecule has 32 heavy (non-hydrogen) atoms. The minimum absolute atomic E-state index is 0.0441. The van der Waals surface area contributed by atoms with Crippen molar-refractivity contribution in [3.63, 3.8) is 0 Å². The Hall–Kier alpha value is -3.59. The maximum atomic E-state index is 12.3. The highest BCUT2D eigenvalue weighted by Crippen LogP contribution is 2.19. The number of amides is 3. The summed E-state index contributed by atoms with van der Waals surface area (Å²) in [5.74, 6) is -2.24. The highest BCUT2D eigenvalue weighted by molar-refractivity contribution is 6.30. The van der Waals surface area contributed by atoms with E-state index in [1.54, 1.807) is 36.4 Å². The van der Waals surface area contributed by atoms with Crippen LogP contribution in [0.15, 0.2) is 48.5 Å². The summed E-state index contributed by atoms with van der Waals surface area (Å²) in [6.45, 7) is 1.87. The number of ether oxygens (including phenoxy) is 2. The van der Waals surface area contributed by atoms with Crippen LogP contribution in [0.5, 0.6) is 5.75 Å². The minimum atomic E-state index is -0.786. The summed E-state index contributed by atoms with van der Waals surface area (Å²) in [6, 6.07) is 12.9. The van der Waals surface area contributed by atoms with Crippen LogP contribution in [0.25, 0.3) is 0 Å². The second-order valence-electron chi connectivity index (χ2n) is 6.97. The number of esters is 1. The summed E-state index contributed by atoms with van der Waals surface area (Å²) < 4.78 is 10.4. The van der Waals surface area contributed by atoms with Gasteiger partial charge in [0.15, 0.2) is 6.61 Å². The van der Waals surface area contributed by atoms with E-state index in [0.717, 1.165) is 5.01 Å². The van der Waals surface area contributed by atoms with Gasteiger partial charge in [-0.05, 0) is 55.5 Å². The van der Waals surface area contributed by atoms with E-state index in [2.05, 4.69) is 10.7 Å². The number of nitrogens with zero attached hydrogens (tertiary/aromatic N) is 1. The Bertz CT molecular complexity index is 994. The van der Waals surface area contributed by atoms with Gasteiger partial charge in [-0.15, -0.1) is 0 Å². The van der Waals surface area contributed by atoms with Gasteiger partial charge < -0.3 is 14.8 Å². The first-order valence-corrected chi connectivity index (χ1v) is 10.3. The summed E-state index contributed by atoms with van der Waals surface area (Å²) in [4.78, 5) is 48.7. The third-order valence-electron chi connectivity index (χ3n) is 4.60. The fraction of sp³-hybridized carbons (Fsp3) is 0.273. The van der Waals surface area contributed by atoms with Crippen LogP contribution in [0, 0.1) is 5.92 Å². The Labute approximate surface area is 189 Å². The summed E-state index contributed by atoms with van der Waals surface area (Å²) in [6.07, 6.45) is -0.125. The molecule has 0 unspecified atom stereocenters. The van der Waals surface area contributed by atoms with E-state index in [-0.39, 0.29) is 13.0 Å². The SMILES string of the molecule is CCOc1ccc(NC(=O)COC(=O)[C@H]2CC(=O)N(NC(=O)c3ccc(Cl)cc3)C2)cc1. The molecule has 1 aliphatic rings. The second kappa shape index (κ2) is 10.6. The molecule has 168 valence electrons. The van der Waals surface area contributed by atoms with Gasteiger partial charge in [0.05, 0.1) is 19.1 Å². The van der Waals surface area contributed by atoms with Gasteiger partial charge in [-0.25, -0.2) is 0 Å². The first kappa shape index (κ1) is 23.1. The van der Waals surface area contributed by atoms with Gasteiger partial charge in [0, 0.05) is 22.7 Å². The molecule has 0 aromatic heterocycles. The molecule has 0 spiro atoms. The molecule has 0 radical (unpaired) electrons. The Morgan fingerprint density at radius 2 is 1.78 bits per heavy atom. The van der Waals surface area contributed by atoms with Gasteiger partial charge in [-0.2, -0.15) is 0 Å². The molecular formula is C22H22ClN3O6. The van der Waals surface area contributed by atoms with E-state index >= 15 is 0 Å². The molecule has 0 aliphatic carbocycles. The Balaban J connectivity index is 1.45. The van der Waals surface area contributed by atoms with E-state index in [1.807, 2.05) is 6.92 Å². The van der Waals surface area contributed by atoms with Gasteiger partial charge in [0.1, 0.15) is 5.75 Å². The maximum absolute atomic E-state index is 12.3. The van der Waals surface area contributed by atoms with Crippen molar-refractivity contribution >= 4 is 41.0 Å². The van der Waals surface area contributed by atoms with Crippen molar-refractivity contribution in [2.24, 2.45) is 5.92 Å². The molecular weight excluding hydrogens is 438 g/mol. The molecule has 2 aromatic carbocycles. The normalized spacial score (nSPS) is 15.2. The van der Waals surface area contributed by atoms with Crippen LogP contribution in [-0.4, -0.2) is 48.5 Å².